The van der Waals surface area contributed by atoms with Gasteiger partial charge in [0, 0.05) is 12.7 Å². The molecule has 0 amide bonds. The van der Waals surface area contributed by atoms with E-state index < -0.39 is 26.6 Å². The number of halogens is 2. The molecule has 0 aliphatic rings. The van der Waals surface area contributed by atoms with Gasteiger partial charge in [-0.15, -0.1) is 0 Å². The number of aromatic nitrogens is 1. The van der Waals surface area contributed by atoms with Gasteiger partial charge in [-0.25, -0.2) is 17.2 Å². The number of benzene rings is 1. The predicted molar refractivity (Wildman–Crippen MR) is 74.0 cm³/mol. The number of nitrogens with two attached hydrogens (primary N) is 1. The molecule has 0 bridgehead atoms. The highest BCUT2D eigenvalue weighted by Gasteiger charge is 2.23. The third kappa shape index (κ3) is 3.17. The summed E-state index contributed by atoms with van der Waals surface area (Å²) in [5, 5.41) is 0. The van der Waals surface area contributed by atoms with Crippen LogP contribution in [0.25, 0.3) is 0 Å². The van der Waals surface area contributed by atoms with Crippen molar-refractivity contribution in [1.82, 2.24) is 4.98 Å². The van der Waals surface area contributed by atoms with E-state index in [2.05, 4.69) is 9.71 Å². The number of rotatable bonds is 4. The van der Waals surface area contributed by atoms with Crippen LogP contribution in [0, 0.1) is 18.6 Å². The van der Waals surface area contributed by atoms with Crippen molar-refractivity contribution in [2.75, 3.05) is 4.72 Å². The van der Waals surface area contributed by atoms with E-state index in [0.29, 0.717) is 5.56 Å². The molecule has 2 aromatic rings. The molecule has 0 radical (unpaired) electrons. The summed E-state index contributed by atoms with van der Waals surface area (Å²) in [5.74, 6) is -2.71. The Morgan fingerprint density at radius 2 is 2.05 bits per heavy atom. The third-order valence-corrected chi connectivity index (χ3v) is 4.23. The normalized spacial score (nSPS) is 11.4. The molecule has 0 spiro atoms. The molecule has 1 aromatic carbocycles. The summed E-state index contributed by atoms with van der Waals surface area (Å²) in [6, 6.07) is 3.46. The number of anilines is 1. The average molecular weight is 313 g/mol. The van der Waals surface area contributed by atoms with Crippen LogP contribution >= 0.6 is 0 Å². The Labute approximate surface area is 120 Å². The number of hydrogen-bond donors (Lipinski definition) is 2. The molecular formula is C13H13F2N3O2S. The molecule has 0 aliphatic heterocycles. The lowest BCUT2D eigenvalue weighted by molar-refractivity contribution is 0.483. The van der Waals surface area contributed by atoms with Crippen LogP contribution in [0.5, 0.6) is 0 Å². The fourth-order valence-corrected chi connectivity index (χ4v) is 2.95. The third-order valence-electron chi connectivity index (χ3n) is 2.86. The molecule has 5 nitrogen and oxygen atoms in total. The summed E-state index contributed by atoms with van der Waals surface area (Å²) in [6.07, 6.45) is 2.77. The zero-order chi connectivity index (χ0) is 15.6. The van der Waals surface area contributed by atoms with Crippen LogP contribution in [0.4, 0.5) is 14.5 Å². The fourth-order valence-electron chi connectivity index (χ4n) is 1.70. The highest BCUT2D eigenvalue weighted by atomic mass is 32.2. The summed E-state index contributed by atoms with van der Waals surface area (Å²) in [6.45, 7) is 1.55. The Bertz CT molecular complexity index is 779. The lowest BCUT2D eigenvalue weighted by atomic mass is 10.2. The SMILES string of the molecule is Cc1ccncc1NS(=O)(=O)c1cc(CN)cc(F)c1F. The van der Waals surface area contributed by atoms with E-state index in [0.717, 1.165) is 12.1 Å². The summed E-state index contributed by atoms with van der Waals surface area (Å²) >= 11 is 0. The van der Waals surface area contributed by atoms with Crippen molar-refractivity contribution in [3.8, 4) is 0 Å². The second-order valence-corrected chi connectivity index (χ2v) is 6.04. The van der Waals surface area contributed by atoms with Crippen molar-refractivity contribution in [3.63, 3.8) is 0 Å². The minimum atomic E-state index is -4.28. The van der Waals surface area contributed by atoms with Crippen LogP contribution < -0.4 is 10.5 Å². The number of sulfonamides is 1. The zero-order valence-corrected chi connectivity index (χ0v) is 11.9. The molecule has 1 heterocycles. The second kappa shape index (κ2) is 5.74. The van der Waals surface area contributed by atoms with E-state index >= 15 is 0 Å². The Morgan fingerprint density at radius 3 is 2.67 bits per heavy atom. The standard InChI is InChI=1S/C13H13F2N3O2S/c1-8-2-3-17-7-11(8)18-21(19,20)12-5-9(6-16)4-10(14)13(12)15/h2-5,7,18H,6,16H2,1H3. The molecule has 3 N–H and O–H groups in total. The van der Waals surface area contributed by atoms with Crippen molar-refractivity contribution >= 4 is 15.7 Å². The van der Waals surface area contributed by atoms with Gasteiger partial charge in [0.2, 0.25) is 0 Å². The van der Waals surface area contributed by atoms with Gasteiger partial charge in [-0.05, 0) is 36.2 Å². The Morgan fingerprint density at radius 1 is 1.33 bits per heavy atom. The van der Waals surface area contributed by atoms with Crippen LogP contribution in [-0.2, 0) is 16.6 Å². The lowest BCUT2D eigenvalue weighted by Crippen LogP contribution is -2.17. The van der Waals surface area contributed by atoms with Gasteiger partial charge in [0.25, 0.3) is 10.0 Å². The van der Waals surface area contributed by atoms with E-state index in [-0.39, 0.29) is 17.8 Å². The van der Waals surface area contributed by atoms with Crippen molar-refractivity contribution in [2.24, 2.45) is 5.73 Å². The van der Waals surface area contributed by atoms with Crippen molar-refractivity contribution in [3.05, 3.63) is 53.4 Å². The summed E-state index contributed by atoms with van der Waals surface area (Å²) in [7, 11) is -4.28. The molecule has 0 saturated heterocycles. The molecule has 21 heavy (non-hydrogen) atoms. The topological polar surface area (TPSA) is 85.1 Å². The Balaban J connectivity index is 2.50. The van der Waals surface area contributed by atoms with Gasteiger partial charge in [-0.1, -0.05) is 0 Å². The summed E-state index contributed by atoms with van der Waals surface area (Å²) < 4.78 is 53.8. The lowest BCUT2D eigenvalue weighted by Gasteiger charge is -2.12. The largest absolute Gasteiger partial charge is 0.326 e. The first-order valence-corrected chi connectivity index (χ1v) is 7.45. The van der Waals surface area contributed by atoms with Crippen LogP contribution in [0.1, 0.15) is 11.1 Å². The molecule has 0 fully saturated rings. The van der Waals surface area contributed by atoms with E-state index in [4.69, 9.17) is 5.73 Å². The molecule has 0 unspecified atom stereocenters. The van der Waals surface area contributed by atoms with Gasteiger partial charge in [-0.2, -0.15) is 0 Å². The van der Waals surface area contributed by atoms with Crippen molar-refractivity contribution in [1.29, 1.82) is 0 Å². The van der Waals surface area contributed by atoms with Gasteiger partial charge < -0.3 is 5.73 Å². The highest BCUT2D eigenvalue weighted by Crippen LogP contribution is 2.23. The zero-order valence-electron chi connectivity index (χ0n) is 11.1. The van der Waals surface area contributed by atoms with Gasteiger partial charge in [-0.3, -0.25) is 9.71 Å². The minimum absolute atomic E-state index is 0.106. The van der Waals surface area contributed by atoms with E-state index in [1.54, 1.807) is 13.0 Å². The van der Waals surface area contributed by atoms with Crippen LogP contribution in [-0.4, -0.2) is 13.4 Å². The number of aryl methyl sites for hydroxylation is 1. The van der Waals surface area contributed by atoms with Crippen LogP contribution in [0.2, 0.25) is 0 Å². The first kappa shape index (κ1) is 15.3. The number of nitrogens with one attached hydrogen (secondary N) is 1. The molecule has 112 valence electrons. The van der Waals surface area contributed by atoms with Gasteiger partial charge in [0.05, 0.1) is 11.9 Å². The van der Waals surface area contributed by atoms with Crippen LogP contribution in [0.3, 0.4) is 0 Å². The first-order valence-electron chi connectivity index (χ1n) is 5.96. The second-order valence-electron chi connectivity index (χ2n) is 4.39. The maximum absolute atomic E-state index is 13.8. The maximum atomic E-state index is 13.8. The number of nitrogens with zero attached hydrogens (tertiary/aromatic N) is 1. The molecule has 0 aliphatic carbocycles. The minimum Gasteiger partial charge on any atom is -0.326 e. The maximum Gasteiger partial charge on any atom is 0.264 e. The molecule has 2 rings (SSSR count). The fraction of sp³-hybridized carbons (Fsp3) is 0.154. The quantitative estimate of drug-likeness (QED) is 0.903. The summed E-state index contributed by atoms with van der Waals surface area (Å²) in [5.41, 5.74) is 6.31. The van der Waals surface area contributed by atoms with Gasteiger partial charge >= 0.3 is 0 Å². The molecule has 0 saturated carbocycles. The Kier molecular flexibility index (Phi) is 4.19. The summed E-state index contributed by atoms with van der Waals surface area (Å²) in [4.78, 5) is 3.00. The first-order chi connectivity index (χ1) is 9.85. The number of pyridine rings is 1. The predicted octanol–water partition coefficient (Wildman–Crippen LogP) is 1.93. The molecule has 1 aromatic heterocycles. The van der Waals surface area contributed by atoms with Crippen LogP contribution in [0.15, 0.2) is 35.5 Å². The van der Waals surface area contributed by atoms with E-state index in [9.17, 15) is 17.2 Å². The average Bonchev–Trinajstić information content (AvgIpc) is 2.43. The van der Waals surface area contributed by atoms with E-state index in [1.807, 2.05) is 0 Å². The molecule has 8 heteroatoms. The van der Waals surface area contributed by atoms with Gasteiger partial charge in [0.1, 0.15) is 4.90 Å². The van der Waals surface area contributed by atoms with Crippen molar-refractivity contribution in [2.45, 2.75) is 18.4 Å². The smallest absolute Gasteiger partial charge is 0.264 e. The molecule has 0 atom stereocenters. The van der Waals surface area contributed by atoms with E-state index in [1.165, 1.54) is 12.4 Å². The highest BCUT2D eigenvalue weighted by molar-refractivity contribution is 7.92. The monoisotopic (exact) mass is 313 g/mol. The van der Waals surface area contributed by atoms with Gasteiger partial charge in [0.15, 0.2) is 11.6 Å². The molecular weight excluding hydrogens is 300 g/mol. The Hall–Kier alpha value is -2.06. The van der Waals surface area contributed by atoms with Crippen molar-refractivity contribution < 1.29 is 17.2 Å². The number of hydrogen-bond acceptors (Lipinski definition) is 4.